The molecule has 0 spiro atoms. The summed E-state index contributed by atoms with van der Waals surface area (Å²) in [5.41, 5.74) is 2.41. The summed E-state index contributed by atoms with van der Waals surface area (Å²) in [6, 6.07) is 0. The molecule has 0 aliphatic heterocycles. The van der Waals surface area contributed by atoms with Gasteiger partial charge in [0.1, 0.15) is 0 Å². The summed E-state index contributed by atoms with van der Waals surface area (Å²) in [6.45, 7) is 10.1. The molecule has 0 unspecified atom stereocenters. The van der Waals surface area contributed by atoms with E-state index >= 15 is 0 Å². The molecule has 0 bridgehead atoms. The van der Waals surface area contributed by atoms with Gasteiger partial charge in [-0.3, -0.25) is 0 Å². The van der Waals surface area contributed by atoms with Gasteiger partial charge in [0.05, 0.1) is 29.3 Å². The Labute approximate surface area is 112 Å². The van der Waals surface area contributed by atoms with E-state index in [1.165, 1.54) is 5.69 Å². The number of aryl methyl sites for hydroxylation is 1. The van der Waals surface area contributed by atoms with Crippen LogP contribution >= 0.6 is 11.3 Å². The Morgan fingerprint density at radius 2 is 2.17 bits per heavy atom. The molecule has 18 heavy (non-hydrogen) atoms. The summed E-state index contributed by atoms with van der Waals surface area (Å²) < 4.78 is 2.15. The van der Waals surface area contributed by atoms with Gasteiger partial charge in [0.25, 0.3) is 0 Å². The van der Waals surface area contributed by atoms with Gasteiger partial charge in [0, 0.05) is 23.7 Å². The molecule has 0 aromatic carbocycles. The Hall–Kier alpha value is -1.20. The van der Waals surface area contributed by atoms with Crippen molar-refractivity contribution in [2.45, 2.75) is 46.3 Å². The van der Waals surface area contributed by atoms with Gasteiger partial charge in [-0.2, -0.15) is 0 Å². The average Bonchev–Trinajstić information content (AvgIpc) is 2.85. The minimum atomic E-state index is 0.117. The van der Waals surface area contributed by atoms with E-state index in [9.17, 15) is 0 Å². The van der Waals surface area contributed by atoms with Gasteiger partial charge in [-0.05, 0) is 27.7 Å². The first kappa shape index (κ1) is 13.2. The van der Waals surface area contributed by atoms with Crippen molar-refractivity contribution >= 4 is 11.3 Å². The molecule has 0 aliphatic rings. The first-order chi connectivity index (χ1) is 8.44. The highest BCUT2D eigenvalue weighted by molar-refractivity contribution is 7.09. The molecule has 2 aromatic heterocycles. The van der Waals surface area contributed by atoms with E-state index < -0.39 is 0 Å². The second-order valence-electron chi connectivity index (χ2n) is 5.47. The third kappa shape index (κ3) is 3.65. The Morgan fingerprint density at radius 3 is 2.78 bits per heavy atom. The van der Waals surface area contributed by atoms with Crippen molar-refractivity contribution in [3.8, 4) is 0 Å². The van der Waals surface area contributed by atoms with Crippen molar-refractivity contribution < 1.29 is 0 Å². The van der Waals surface area contributed by atoms with Crippen molar-refractivity contribution in [3.63, 3.8) is 0 Å². The van der Waals surface area contributed by atoms with E-state index in [1.807, 2.05) is 19.4 Å². The quantitative estimate of drug-likeness (QED) is 0.923. The minimum Gasteiger partial charge on any atom is -0.327 e. The van der Waals surface area contributed by atoms with Crippen LogP contribution in [0.3, 0.4) is 0 Å². The zero-order valence-electron chi connectivity index (χ0n) is 11.4. The molecular weight excluding hydrogens is 244 g/mol. The third-order valence-corrected chi connectivity index (χ3v) is 3.42. The van der Waals surface area contributed by atoms with Crippen LogP contribution < -0.4 is 5.32 Å². The van der Waals surface area contributed by atoms with Gasteiger partial charge in [-0.25, -0.2) is 9.97 Å². The van der Waals surface area contributed by atoms with Crippen LogP contribution in [0.5, 0.6) is 0 Å². The number of imidazole rings is 1. The zero-order valence-corrected chi connectivity index (χ0v) is 12.2. The van der Waals surface area contributed by atoms with E-state index in [0.29, 0.717) is 0 Å². The van der Waals surface area contributed by atoms with Gasteiger partial charge in [-0.1, -0.05) is 0 Å². The normalized spacial score (nSPS) is 12.0. The Balaban J connectivity index is 2.03. The van der Waals surface area contributed by atoms with Crippen LogP contribution in [0.2, 0.25) is 0 Å². The highest BCUT2D eigenvalue weighted by atomic mass is 32.1. The van der Waals surface area contributed by atoms with Gasteiger partial charge in [0.2, 0.25) is 0 Å². The predicted molar refractivity (Wildman–Crippen MR) is 74.8 cm³/mol. The Morgan fingerprint density at radius 1 is 1.39 bits per heavy atom. The smallest absolute Gasteiger partial charge is 0.0952 e. The molecule has 0 amide bonds. The standard InChI is InChI=1S/C13H20N4S/c1-10-16-11(8-18-10)7-17-9-14-5-12(17)6-15-13(2,3)4/h5,8-9,15H,6-7H2,1-4H3. The summed E-state index contributed by atoms with van der Waals surface area (Å²) in [5, 5.41) is 6.70. The molecule has 0 atom stereocenters. The van der Waals surface area contributed by atoms with E-state index in [2.05, 4.69) is 46.0 Å². The SMILES string of the molecule is Cc1nc(Cn2cncc2CNC(C)(C)C)cs1. The third-order valence-electron chi connectivity index (χ3n) is 2.60. The molecule has 4 nitrogen and oxygen atoms in total. The van der Waals surface area contributed by atoms with Gasteiger partial charge >= 0.3 is 0 Å². The number of thiazole rings is 1. The van der Waals surface area contributed by atoms with Crippen molar-refractivity contribution in [1.82, 2.24) is 19.9 Å². The minimum absolute atomic E-state index is 0.117. The zero-order chi connectivity index (χ0) is 13.2. The summed E-state index contributed by atoms with van der Waals surface area (Å²) >= 11 is 1.69. The van der Waals surface area contributed by atoms with Crippen LogP contribution in [-0.4, -0.2) is 20.1 Å². The number of rotatable bonds is 4. The Bertz CT molecular complexity index is 507. The number of aromatic nitrogens is 3. The fraction of sp³-hybridized carbons (Fsp3) is 0.538. The first-order valence-electron chi connectivity index (χ1n) is 6.09. The molecule has 0 fully saturated rings. The lowest BCUT2D eigenvalue weighted by molar-refractivity contribution is 0.416. The van der Waals surface area contributed by atoms with Crippen molar-refractivity contribution in [3.05, 3.63) is 34.3 Å². The van der Waals surface area contributed by atoms with E-state index in [0.717, 1.165) is 23.8 Å². The molecule has 0 saturated carbocycles. The molecule has 5 heteroatoms. The van der Waals surface area contributed by atoms with Gasteiger partial charge < -0.3 is 9.88 Å². The highest BCUT2D eigenvalue weighted by Gasteiger charge is 2.11. The van der Waals surface area contributed by atoms with Crippen LogP contribution in [0.1, 0.15) is 37.2 Å². The summed E-state index contributed by atoms with van der Waals surface area (Å²) in [6.07, 6.45) is 3.78. The lowest BCUT2D eigenvalue weighted by Gasteiger charge is -2.20. The molecule has 2 rings (SSSR count). The average molecular weight is 264 g/mol. The largest absolute Gasteiger partial charge is 0.327 e. The van der Waals surface area contributed by atoms with Crippen molar-refractivity contribution in [2.75, 3.05) is 0 Å². The predicted octanol–water partition coefficient (Wildman–Crippen LogP) is 2.58. The Kier molecular flexibility index (Phi) is 3.82. The molecular formula is C13H20N4S. The van der Waals surface area contributed by atoms with Crippen LogP contribution in [0.4, 0.5) is 0 Å². The summed E-state index contributed by atoms with van der Waals surface area (Å²) in [7, 11) is 0. The fourth-order valence-corrected chi connectivity index (χ4v) is 2.25. The monoisotopic (exact) mass is 264 g/mol. The summed E-state index contributed by atoms with van der Waals surface area (Å²) in [4.78, 5) is 8.71. The topological polar surface area (TPSA) is 42.7 Å². The molecule has 0 aliphatic carbocycles. The van der Waals surface area contributed by atoms with Crippen molar-refractivity contribution in [1.29, 1.82) is 0 Å². The van der Waals surface area contributed by atoms with Crippen LogP contribution in [0, 0.1) is 6.92 Å². The van der Waals surface area contributed by atoms with Gasteiger partial charge in [-0.15, -0.1) is 11.3 Å². The highest BCUT2D eigenvalue weighted by Crippen LogP contribution is 2.11. The maximum atomic E-state index is 4.49. The van der Waals surface area contributed by atoms with Crippen LogP contribution in [0.15, 0.2) is 17.9 Å². The van der Waals surface area contributed by atoms with Crippen molar-refractivity contribution in [2.24, 2.45) is 0 Å². The second kappa shape index (κ2) is 5.20. The fourth-order valence-electron chi connectivity index (χ4n) is 1.65. The molecule has 2 aromatic rings. The molecule has 98 valence electrons. The first-order valence-corrected chi connectivity index (χ1v) is 6.97. The number of hydrogen-bond donors (Lipinski definition) is 1. The van der Waals surface area contributed by atoms with E-state index in [-0.39, 0.29) is 5.54 Å². The maximum Gasteiger partial charge on any atom is 0.0952 e. The van der Waals surface area contributed by atoms with Crippen LogP contribution in [-0.2, 0) is 13.1 Å². The summed E-state index contributed by atoms with van der Waals surface area (Å²) in [5.74, 6) is 0. The lowest BCUT2D eigenvalue weighted by Crippen LogP contribution is -2.35. The maximum absolute atomic E-state index is 4.49. The molecule has 0 radical (unpaired) electrons. The lowest BCUT2D eigenvalue weighted by atomic mass is 10.1. The molecule has 0 saturated heterocycles. The number of hydrogen-bond acceptors (Lipinski definition) is 4. The van der Waals surface area contributed by atoms with E-state index in [1.54, 1.807) is 11.3 Å². The molecule has 2 heterocycles. The second-order valence-corrected chi connectivity index (χ2v) is 6.54. The van der Waals surface area contributed by atoms with Gasteiger partial charge in [0.15, 0.2) is 0 Å². The molecule has 1 N–H and O–H groups in total. The number of nitrogens with one attached hydrogen (secondary N) is 1. The van der Waals surface area contributed by atoms with Crippen LogP contribution in [0.25, 0.3) is 0 Å². The van der Waals surface area contributed by atoms with E-state index in [4.69, 9.17) is 0 Å². The number of nitrogens with zero attached hydrogens (tertiary/aromatic N) is 3.